The molecule has 0 saturated heterocycles. The molecule has 1 aromatic heterocycles. The van der Waals surface area contributed by atoms with Crippen LogP contribution in [-0.4, -0.2) is 41.7 Å². The molecule has 1 heterocycles. The van der Waals surface area contributed by atoms with Crippen molar-refractivity contribution in [3.05, 3.63) is 12.4 Å². The van der Waals surface area contributed by atoms with Crippen LogP contribution in [0.2, 0.25) is 0 Å². The topological polar surface area (TPSA) is 66.1 Å². The summed E-state index contributed by atoms with van der Waals surface area (Å²) in [4.78, 5) is -0.282. The fourth-order valence-electron chi connectivity index (χ4n) is 1.24. The van der Waals surface area contributed by atoms with Gasteiger partial charge in [-0.25, -0.2) is 8.42 Å². The number of nitrogens with one attached hydrogen (secondary N) is 1. The normalized spacial score (nSPS) is 13.6. The maximum absolute atomic E-state index is 12.3. The largest absolute Gasteiger partial charge is 0.402 e. The van der Waals surface area contributed by atoms with E-state index in [4.69, 9.17) is 0 Å². The van der Waals surface area contributed by atoms with E-state index in [0.29, 0.717) is 4.31 Å². The van der Waals surface area contributed by atoms with Gasteiger partial charge >= 0.3 is 6.18 Å². The Morgan fingerprint density at radius 2 is 2.06 bits per heavy atom. The Balaban J connectivity index is 3.08. The van der Waals surface area contributed by atoms with Crippen molar-refractivity contribution in [1.82, 2.24) is 14.5 Å². The maximum atomic E-state index is 12.3. The molecule has 0 fully saturated rings. The summed E-state index contributed by atoms with van der Waals surface area (Å²) < 4.78 is 61.1. The molecule has 0 unspecified atom stereocenters. The molecule has 0 saturated carbocycles. The van der Waals surface area contributed by atoms with Crippen molar-refractivity contribution in [2.75, 3.05) is 6.54 Å². The Bertz CT molecular complexity index is 453. The molecular weight excluding hydrogens is 259 g/mol. The summed E-state index contributed by atoms with van der Waals surface area (Å²) in [7, 11) is -4.17. The lowest BCUT2D eigenvalue weighted by atomic mass is 10.4. The summed E-state index contributed by atoms with van der Waals surface area (Å²) in [5, 5.41) is 5.67. The van der Waals surface area contributed by atoms with Crippen LogP contribution in [0.4, 0.5) is 13.2 Å². The van der Waals surface area contributed by atoms with Gasteiger partial charge in [0.1, 0.15) is 11.4 Å². The molecule has 0 atom stereocenters. The minimum atomic E-state index is -4.58. The zero-order valence-corrected chi connectivity index (χ0v) is 10.0. The van der Waals surface area contributed by atoms with Gasteiger partial charge in [0.2, 0.25) is 10.0 Å². The molecule has 1 rings (SSSR count). The molecule has 0 aromatic carbocycles. The second-order valence-corrected chi connectivity index (χ2v) is 5.58. The predicted molar refractivity (Wildman–Crippen MR) is 53.7 cm³/mol. The van der Waals surface area contributed by atoms with Crippen molar-refractivity contribution in [3.63, 3.8) is 0 Å². The van der Waals surface area contributed by atoms with E-state index in [1.54, 1.807) is 0 Å². The lowest BCUT2D eigenvalue weighted by Gasteiger charge is -2.26. The molecule has 17 heavy (non-hydrogen) atoms. The molecular formula is C8H12F3N3O2S. The van der Waals surface area contributed by atoms with Crippen molar-refractivity contribution < 1.29 is 21.6 Å². The summed E-state index contributed by atoms with van der Waals surface area (Å²) in [5.74, 6) is 0. The SMILES string of the molecule is CC(C)N(CC(F)(F)F)S(=O)(=O)c1cn[nH]c1. The molecule has 1 aromatic rings. The molecule has 1 N–H and O–H groups in total. The lowest BCUT2D eigenvalue weighted by Crippen LogP contribution is -2.43. The van der Waals surface area contributed by atoms with Crippen LogP contribution < -0.4 is 0 Å². The molecule has 9 heteroatoms. The molecule has 0 spiro atoms. The number of sulfonamides is 1. The van der Waals surface area contributed by atoms with Crippen LogP contribution in [0.1, 0.15) is 13.8 Å². The van der Waals surface area contributed by atoms with Gasteiger partial charge in [-0.05, 0) is 13.8 Å². The van der Waals surface area contributed by atoms with Crippen molar-refractivity contribution >= 4 is 10.0 Å². The third-order valence-electron chi connectivity index (χ3n) is 1.99. The molecule has 0 amide bonds. The number of H-pyrrole nitrogens is 1. The molecule has 0 bridgehead atoms. The highest BCUT2D eigenvalue weighted by molar-refractivity contribution is 7.89. The number of nitrogens with zero attached hydrogens (tertiary/aromatic N) is 2. The summed E-state index contributed by atoms with van der Waals surface area (Å²) in [6, 6.07) is -0.795. The Morgan fingerprint density at radius 3 is 2.41 bits per heavy atom. The maximum Gasteiger partial charge on any atom is 0.402 e. The number of rotatable bonds is 4. The third-order valence-corrected chi connectivity index (χ3v) is 3.98. The van der Waals surface area contributed by atoms with E-state index in [9.17, 15) is 21.6 Å². The number of alkyl halides is 3. The first kappa shape index (κ1) is 14.0. The van der Waals surface area contributed by atoms with Gasteiger partial charge in [-0.3, -0.25) is 5.10 Å². The molecule has 0 radical (unpaired) electrons. The standard InChI is InChI=1S/C8H12F3N3O2S/c1-6(2)14(5-8(9,10)11)17(15,16)7-3-12-13-4-7/h3-4,6H,5H2,1-2H3,(H,12,13). The first-order chi connectivity index (χ1) is 7.64. The van der Waals surface area contributed by atoms with E-state index in [1.807, 2.05) is 0 Å². The summed E-state index contributed by atoms with van der Waals surface area (Å²) in [5.41, 5.74) is 0. The van der Waals surface area contributed by atoms with Gasteiger partial charge in [0.15, 0.2) is 0 Å². The van der Waals surface area contributed by atoms with Crippen LogP contribution in [0.5, 0.6) is 0 Å². The highest BCUT2D eigenvalue weighted by atomic mass is 32.2. The molecule has 0 aliphatic heterocycles. The average molecular weight is 271 g/mol. The monoisotopic (exact) mass is 271 g/mol. The Kier molecular flexibility index (Phi) is 3.82. The quantitative estimate of drug-likeness (QED) is 0.899. The van der Waals surface area contributed by atoms with E-state index < -0.39 is 28.8 Å². The summed E-state index contributed by atoms with van der Waals surface area (Å²) in [6.07, 6.45) is -2.57. The summed E-state index contributed by atoms with van der Waals surface area (Å²) in [6.45, 7) is 1.24. The highest BCUT2D eigenvalue weighted by Crippen LogP contribution is 2.23. The van der Waals surface area contributed by atoms with E-state index >= 15 is 0 Å². The number of aromatic nitrogens is 2. The third kappa shape index (κ3) is 3.43. The summed E-state index contributed by atoms with van der Waals surface area (Å²) >= 11 is 0. The molecule has 5 nitrogen and oxygen atoms in total. The van der Waals surface area contributed by atoms with Crippen molar-refractivity contribution in [1.29, 1.82) is 0 Å². The van der Waals surface area contributed by atoms with E-state index in [0.717, 1.165) is 12.4 Å². The van der Waals surface area contributed by atoms with Crippen LogP contribution in [0, 0.1) is 0 Å². The van der Waals surface area contributed by atoms with Gasteiger partial charge < -0.3 is 0 Å². The van der Waals surface area contributed by atoms with Gasteiger partial charge in [-0.15, -0.1) is 0 Å². The molecule has 0 aliphatic rings. The zero-order valence-electron chi connectivity index (χ0n) is 9.19. The van der Waals surface area contributed by atoms with Crippen LogP contribution in [0.3, 0.4) is 0 Å². The highest BCUT2D eigenvalue weighted by Gasteiger charge is 2.38. The molecule has 0 aliphatic carbocycles. The van der Waals surface area contributed by atoms with E-state index in [1.165, 1.54) is 13.8 Å². The Morgan fingerprint density at radius 1 is 1.47 bits per heavy atom. The second kappa shape index (κ2) is 4.65. The number of halogens is 3. The van der Waals surface area contributed by atoms with Gasteiger partial charge in [-0.1, -0.05) is 0 Å². The average Bonchev–Trinajstić information content (AvgIpc) is 2.65. The van der Waals surface area contributed by atoms with Gasteiger partial charge in [0, 0.05) is 12.2 Å². The van der Waals surface area contributed by atoms with Crippen molar-refractivity contribution in [3.8, 4) is 0 Å². The number of aromatic amines is 1. The van der Waals surface area contributed by atoms with Crippen molar-refractivity contribution in [2.24, 2.45) is 0 Å². The fraction of sp³-hybridized carbons (Fsp3) is 0.625. The fourth-order valence-corrected chi connectivity index (χ4v) is 2.77. The number of hydrogen-bond acceptors (Lipinski definition) is 3. The van der Waals surface area contributed by atoms with Crippen LogP contribution in [-0.2, 0) is 10.0 Å². The minimum absolute atomic E-state index is 0.282. The second-order valence-electron chi connectivity index (χ2n) is 3.69. The zero-order chi connectivity index (χ0) is 13.3. The van der Waals surface area contributed by atoms with Crippen LogP contribution >= 0.6 is 0 Å². The van der Waals surface area contributed by atoms with Gasteiger partial charge in [0.25, 0.3) is 0 Å². The first-order valence-corrected chi connectivity index (χ1v) is 6.16. The smallest absolute Gasteiger partial charge is 0.284 e. The van der Waals surface area contributed by atoms with Gasteiger partial charge in [-0.2, -0.15) is 22.6 Å². The minimum Gasteiger partial charge on any atom is -0.284 e. The number of hydrogen-bond donors (Lipinski definition) is 1. The predicted octanol–water partition coefficient (Wildman–Crippen LogP) is 1.37. The Hall–Kier alpha value is -1.09. The first-order valence-electron chi connectivity index (χ1n) is 4.72. The van der Waals surface area contributed by atoms with Crippen LogP contribution in [0.25, 0.3) is 0 Å². The van der Waals surface area contributed by atoms with Crippen LogP contribution in [0.15, 0.2) is 17.3 Å². The molecule has 98 valence electrons. The van der Waals surface area contributed by atoms with Gasteiger partial charge in [0.05, 0.1) is 6.20 Å². The van der Waals surface area contributed by atoms with Crippen molar-refractivity contribution in [2.45, 2.75) is 31.0 Å². The Labute approximate surface area is 96.7 Å². The lowest BCUT2D eigenvalue weighted by molar-refractivity contribution is -0.138. The van der Waals surface area contributed by atoms with E-state index in [-0.39, 0.29) is 4.90 Å². The van der Waals surface area contributed by atoms with E-state index in [2.05, 4.69) is 10.2 Å².